The number of nitrogens with one attached hydrogen (secondary N) is 1. The van der Waals surface area contributed by atoms with E-state index in [2.05, 4.69) is 20.6 Å². The highest BCUT2D eigenvalue weighted by Gasteiger charge is 2.47. The molecule has 1 aliphatic rings. The van der Waals surface area contributed by atoms with Gasteiger partial charge in [-0.15, -0.1) is 5.10 Å². The number of aryl methyl sites for hydroxylation is 1. The number of rotatable bonds is 6. The lowest BCUT2D eigenvalue weighted by Gasteiger charge is -2.22. The molecule has 0 aliphatic carbocycles. The first-order valence-electron chi connectivity index (χ1n) is 9.64. The minimum atomic E-state index is -3.03. The fraction of sp³-hybridized carbons (Fsp3) is 0.350. The van der Waals surface area contributed by atoms with Gasteiger partial charge in [-0.1, -0.05) is 35.5 Å². The molecule has 1 saturated heterocycles. The molecule has 3 heterocycles. The molecule has 31 heavy (non-hydrogen) atoms. The molecule has 1 aromatic carbocycles. The molecule has 9 nitrogen and oxygen atoms in total. The summed E-state index contributed by atoms with van der Waals surface area (Å²) in [5.41, 5.74) is 0.958. The highest BCUT2D eigenvalue weighted by molar-refractivity contribution is 5.92. The van der Waals surface area contributed by atoms with Gasteiger partial charge in [-0.3, -0.25) is 9.59 Å². The lowest BCUT2D eigenvalue weighted by Crippen LogP contribution is -2.39. The third kappa shape index (κ3) is 4.76. The van der Waals surface area contributed by atoms with E-state index in [1.807, 2.05) is 30.3 Å². The van der Waals surface area contributed by atoms with E-state index in [0.29, 0.717) is 6.54 Å². The molecule has 1 aliphatic heterocycles. The largest absolute Gasteiger partial charge is 0.448 e. The van der Waals surface area contributed by atoms with Crippen molar-refractivity contribution < 1.29 is 22.8 Å². The standard InChI is InChI=1S/C20H20F2N6O3/c1-13-24-17(11-31-13)19(30)28-12-20(21,22)7-15(28)9-27-10-16(25-26-27)18(29)23-8-14-5-3-2-4-6-14/h2-6,10-11,15H,7-9,12H2,1H3,(H,23,29)/t15-/m0/s1. The number of hydrogen-bond acceptors (Lipinski definition) is 6. The van der Waals surface area contributed by atoms with Gasteiger partial charge in [0.2, 0.25) is 0 Å². The van der Waals surface area contributed by atoms with E-state index in [1.54, 1.807) is 6.92 Å². The molecule has 0 radical (unpaired) electrons. The maximum absolute atomic E-state index is 14.1. The first kappa shape index (κ1) is 20.6. The van der Waals surface area contributed by atoms with Crippen LogP contribution in [0.3, 0.4) is 0 Å². The van der Waals surface area contributed by atoms with Crippen LogP contribution in [-0.2, 0) is 13.1 Å². The third-order valence-corrected chi connectivity index (χ3v) is 4.94. The molecule has 11 heteroatoms. The molecular weight excluding hydrogens is 410 g/mol. The van der Waals surface area contributed by atoms with Crippen LogP contribution in [0.1, 0.15) is 38.9 Å². The van der Waals surface area contributed by atoms with Gasteiger partial charge in [0.1, 0.15) is 6.26 Å². The van der Waals surface area contributed by atoms with Crippen molar-refractivity contribution in [3.05, 3.63) is 65.6 Å². The Morgan fingerprint density at radius 1 is 1.26 bits per heavy atom. The molecule has 2 amide bonds. The predicted octanol–water partition coefficient (Wildman–Crippen LogP) is 2.05. The summed E-state index contributed by atoms with van der Waals surface area (Å²) in [4.78, 5) is 29.9. The number of halogens is 2. The summed E-state index contributed by atoms with van der Waals surface area (Å²) >= 11 is 0. The average Bonchev–Trinajstić information content (AvgIpc) is 3.45. The number of carbonyl (C=O) groups excluding carboxylic acids is 2. The van der Waals surface area contributed by atoms with Gasteiger partial charge in [0.05, 0.1) is 25.3 Å². The van der Waals surface area contributed by atoms with Gasteiger partial charge in [0.25, 0.3) is 17.7 Å². The Labute approximate surface area is 176 Å². The van der Waals surface area contributed by atoms with Crippen LogP contribution in [0.15, 0.2) is 47.2 Å². The van der Waals surface area contributed by atoms with Gasteiger partial charge in [-0.2, -0.15) is 0 Å². The number of benzene rings is 1. The number of carbonyl (C=O) groups is 2. The van der Waals surface area contributed by atoms with Crippen LogP contribution in [0.25, 0.3) is 0 Å². The second kappa shape index (κ2) is 8.25. The van der Waals surface area contributed by atoms with Crippen molar-refractivity contribution in [3.63, 3.8) is 0 Å². The summed E-state index contributed by atoms with van der Waals surface area (Å²) in [6.07, 6.45) is 2.00. The normalized spacial score (nSPS) is 17.6. The number of alkyl halides is 2. The highest BCUT2D eigenvalue weighted by Crippen LogP contribution is 2.33. The Balaban J connectivity index is 1.42. The summed E-state index contributed by atoms with van der Waals surface area (Å²) in [6, 6.07) is 8.52. The lowest BCUT2D eigenvalue weighted by atomic mass is 10.2. The Morgan fingerprint density at radius 2 is 2.03 bits per heavy atom. The molecule has 0 bridgehead atoms. The highest BCUT2D eigenvalue weighted by atomic mass is 19.3. The van der Waals surface area contributed by atoms with E-state index in [-0.39, 0.29) is 23.8 Å². The molecule has 1 atom stereocenters. The smallest absolute Gasteiger partial charge is 0.276 e. The van der Waals surface area contributed by atoms with Crippen LogP contribution in [0.5, 0.6) is 0 Å². The molecule has 0 saturated carbocycles. The number of nitrogens with zero attached hydrogens (tertiary/aromatic N) is 5. The molecule has 1 fully saturated rings. The number of hydrogen-bond donors (Lipinski definition) is 1. The number of amides is 2. The van der Waals surface area contributed by atoms with Gasteiger partial charge in [0, 0.05) is 19.9 Å². The topological polar surface area (TPSA) is 106 Å². The monoisotopic (exact) mass is 430 g/mol. The minimum absolute atomic E-state index is 0.0280. The molecule has 4 rings (SSSR count). The molecule has 0 spiro atoms. The minimum Gasteiger partial charge on any atom is -0.448 e. The molecule has 162 valence electrons. The van der Waals surface area contributed by atoms with E-state index in [0.717, 1.165) is 16.7 Å². The van der Waals surface area contributed by atoms with E-state index < -0.39 is 36.7 Å². The zero-order chi connectivity index (χ0) is 22.0. The van der Waals surface area contributed by atoms with E-state index >= 15 is 0 Å². The van der Waals surface area contributed by atoms with Crippen LogP contribution in [0.4, 0.5) is 8.78 Å². The van der Waals surface area contributed by atoms with Gasteiger partial charge >= 0.3 is 0 Å². The fourth-order valence-corrected chi connectivity index (χ4v) is 3.48. The van der Waals surface area contributed by atoms with Crippen molar-refractivity contribution in [2.45, 2.75) is 38.4 Å². The molecular formula is C20H20F2N6O3. The number of aromatic nitrogens is 4. The second-order valence-electron chi connectivity index (χ2n) is 7.39. The van der Waals surface area contributed by atoms with Gasteiger partial charge in [-0.05, 0) is 5.56 Å². The third-order valence-electron chi connectivity index (χ3n) is 4.94. The first-order valence-corrected chi connectivity index (χ1v) is 9.64. The van der Waals surface area contributed by atoms with Gasteiger partial charge in [-0.25, -0.2) is 18.4 Å². The second-order valence-corrected chi connectivity index (χ2v) is 7.39. The molecule has 0 unspecified atom stereocenters. The van der Waals surface area contributed by atoms with Crippen LogP contribution in [0.2, 0.25) is 0 Å². The summed E-state index contributed by atoms with van der Waals surface area (Å²) < 4.78 is 34.5. The van der Waals surface area contributed by atoms with Crippen molar-refractivity contribution in [2.24, 2.45) is 0 Å². The SMILES string of the molecule is Cc1nc(C(=O)N2CC(F)(F)C[C@H]2Cn2cc(C(=O)NCc3ccccc3)nn2)co1. The van der Waals surface area contributed by atoms with E-state index in [4.69, 9.17) is 4.42 Å². The van der Waals surface area contributed by atoms with Crippen LogP contribution in [-0.4, -0.2) is 55.2 Å². The molecule has 1 N–H and O–H groups in total. The summed E-state index contributed by atoms with van der Waals surface area (Å²) in [5.74, 6) is -3.83. The van der Waals surface area contributed by atoms with Crippen molar-refractivity contribution in [3.8, 4) is 0 Å². The molecule has 3 aromatic rings. The van der Waals surface area contributed by atoms with Gasteiger partial charge < -0.3 is 14.6 Å². The average molecular weight is 430 g/mol. The maximum atomic E-state index is 14.1. The first-order chi connectivity index (χ1) is 14.8. The van der Waals surface area contributed by atoms with Crippen LogP contribution >= 0.6 is 0 Å². The van der Waals surface area contributed by atoms with Gasteiger partial charge in [0.15, 0.2) is 17.3 Å². The number of likely N-dealkylation sites (tertiary alicyclic amines) is 1. The Hall–Kier alpha value is -3.63. The predicted molar refractivity (Wildman–Crippen MR) is 103 cm³/mol. The quantitative estimate of drug-likeness (QED) is 0.642. The van der Waals surface area contributed by atoms with Crippen molar-refractivity contribution in [2.75, 3.05) is 6.54 Å². The van der Waals surface area contributed by atoms with Crippen LogP contribution in [0, 0.1) is 6.92 Å². The zero-order valence-electron chi connectivity index (χ0n) is 16.7. The summed E-state index contributed by atoms with van der Waals surface area (Å²) in [5, 5.41) is 10.4. The number of oxazole rings is 1. The van der Waals surface area contributed by atoms with E-state index in [9.17, 15) is 18.4 Å². The van der Waals surface area contributed by atoms with Crippen molar-refractivity contribution in [1.29, 1.82) is 0 Å². The Morgan fingerprint density at radius 3 is 2.74 bits per heavy atom. The van der Waals surface area contributed by atoms with E-state index in [1.165, 1.54) is 10.9 Å². The molecule has 2 aromatic heterocycles. The fourth-order valence-electron chi connectivity index (χ4n) is 3.48. The Kier molecular flexibility index (Phi) is 5.49. The zero-order valence-corrected chi connectivity index (χ0v) is 16.7. The van der Waals surface area contributed by atoms with Crippen LogP contribution < -0.4 is 5.32 Å². The van der Waals surface area contributed by atoms with Crippen molar-refractivity contribution in [1.82, 2.24) is 30.2 Å². The lowest BCUT2D eigenvalue weighted by molar-refractivity contribution is 0.0116. The summed E-state index contributed by atoms with van der Waals surface area (Å²) in [7, 11) is 0. The summed E-state index contributed by atoms with van der Waals surface area (Å²) in [6.45, 7) is 1.13. The Bertz CT molecular complexity index is 1080. The maximum Gasteiger partial charge on any atom is 0.276 e. The van der Waals surface area contributed by atoms with Crippen molar-refractivity contribution >= 4 is 11.8 Å².